The van der Waals surface area contributed by atoms with E-state index in [4.69, 9.17) is 4.74 Å². The van der Waals surface area contributed by atoms with Crippen LogP contribution in [-0.4, -0.2) is 61.6 Å². The Morgan fingerprint density at radius 2 is 1.79 bits per heavy atom. The molecule has 0 aromatic heterocycles. The van der Waals surface area contributed by atoms with Gasteiger partial charge in [0.15, 0.2) is 0 Å². The van der Waals surface area contributed by atoms with E-state index in [2.05, 4.69) is 9.80 Å². The van der Waals surface area contributed by atoms with Gasteiger partial charge in [0.2, 0.25) is 5.91 Å². The molecule has 0 unspecified atom stereocenters. The number of nitrogens with zero attached hydrogens (tertiary/aromatic N) is 2. The molecule has 4 rings (SSSR count). The minimum absolute atomic E-state index is 0.337. The molecule has 2 aliphatic heterocycles. The summed E-state index contributed by atoms with van der Waals surface area (Å²) in [4.78, 5) is 17.7. The molecule has 0 bridgehead atoms. The van der Waals surface area contributed by atoms with Crippen molar-refractivity contribution in [3.8, 4) is 0 Å². The Hall–Kier alpha value is -0.610. The second kappa shape index (κ2) is 6.95. The first kappa shape index (κ1) is 16.8. The minimum Gasteiger partial charge on any atom is -0.384 e. The van der Waals surface area contributed by atoms with Gasteiger partial charge in [-0.15, -0.1) is 0 Å². The maximum absolute atomic E-state index is 12.7. The molecular weight excluding hydrogens is 300 g/mol. The Balaban J connectivity index is 1.38. The fourth-order valence-electron chi connectivity index (χ4n) is 5.71. The fraction of sp³-hybridized carbons (Fsp3) is 0.950. The smallest absolute Gasteiger partial charge is 0.225 e. The van der Waals surface area contributed by atoms with E-state index in [1.807, 2.05) is 7.11 Å². The molecule has 4 fully saturated rings. The molecular formula is C20H34N2O2. The van der Waals surface area contributed by atoms with Crippen molar-refractivity contribution in [2.24, 2.45) is 17.3 Å². The molecule has 1 atom stereocenters. The Labute approximate surface area is 146 Å². The summed E-state index contributed by atoms with van der Waals surface area (Å²) in [5, 5.41) is 0. The van der Waals surface area contributed by atoms with E-state index >= 15 is 0 Å². The molecule has 4 nitrogen and oxygen atoms in total. The third-order valence-corrected chi connectivity index (χ3v) is 7.57. The molecule has 2 saturated heterocycles. The number of ether oxygens (including phenoxy) is 1. The molecule has 24 heavy (non-hydrogen) atoms. The van der Waals surface area contributed by atoms with Crippen LogP contribution in [0.4, 0.5) is 0 Å². The molecule has 1 spiro atoms. The Morgan fingerprint density at radius 3 is 2.38 bits per heavy atom. The lowest BCUT2D eigenvalue weighted by Crippen LogP contribution is -2.49. The molecule has 2 heterocycles. The van der Waals surface area contributed by atoms with Crippen LogP contribution in [0.3, 0.4) is 0 Å². The van der Waals surface area contributed by atoms with Crippen molar-refractivity contribution in [3.63, 3.8) is 0 Å². The summed E-state index contributed by atoms with van der Waals surface area (Å²) >= 11 is 0. The SMILES string of the molecule is COC[C@H]1CN(C2CCC2)CC12CCN(C(=O)C1CCCC1)CC2. The largest absolute Gasteiger partial charge is 0.384 e. The fourth-order valence-corrected chi connectivity index (χ4v) is 5.71. The molecule has 0 aromatic rings. The standard InChI is InChI=1S/C20H34N2O2/c1-24-14-17-13-22(18-7-4-8-18)15-20(17)9-11-21(12-10-20)19(23)16-5-2-3-6-16/h16-18H,2-15H2,1H3/t17-/m1/s1. The summed E-state index contributed by atoms with van der Waals surface area (Å²) in [6.07, 6.45) is 11.3. The van der Waals surface area contributed by atoms with Crippen LogP contribution >= 0.6 is 0 Å². The van der Waals surface area contributed by atoms with E-state index in [1.165, 1.54) is 58.0 Å². The van der Waals surface area contributed by atoms with E-state index in [-0.39, 0.29) is 0 Å². The van der Waals surface area contributed by atoms with Crippen molar-refractivity contribution in [1.29, 1.82) is 0 Å². The zero-order chi connectivity index (χ0) is 16.6. The summed E-state index contributed by atoms with van der Waals surface area (Å²) in [6.45, 7) is 5.31. The van der Waals surface area contributed by atoms with Gasteiger partial charge in [-0.3, -0.25) is 9.69 Å². The summed E-state index contributed by atoms with van der Waals surface area (Å²) in [5.41, 5.74) is 0.401. The lowest BCUT2D eigenvalue weighted by Gasteiger charge is -2.44. The number of hydrogen-bond donors (Lipinski definition) is 0. The van der Waals surface area contributed by atoms with Crippen LogP contribution in [-0.2, 0) is 9.53 Å². The van der Waals surface area contributed by atoms with Crippen molar-refractivity contribution in [2.45, 2.75) is 63.8 Å². The monoisotopic (exact) mass is 334 g/mol. The lowest BCUT2D eigenvalue weighted by atomic mass is 9.71. The van der Waals surface area contributed by atoms with Gasteiger partial charge in [0.05, 0.1) is 6.61 Å². The normalized spacial score (nSPS) is 31.7. The van der Waals surface area contributed by atoms with E-state index < -0.39 is 0 Å². The quantitative estimate of drug-likeness (QED) is 0.792. The maximum atomic E-state index is 12.7. The van der Waals surface area contributed by atoms with E-state index in [0.717, 1.165) is 38.6 Å². The molecule has 1 amide bonds. The number of hydrogen-bond acceptors (Lipinski definition) is 3. The van der Waals surface area contributed by atoms with Gasteiger partial charge in [0.25, 0.3) is 0 Å². The highest BCUT2D eigenvalue weighted by atomic mass is 16.5. The molecule has 0 aromatic carbocycles. The summed E-state index contributed by atoms with van der Waals surface area (Å²) in [6, 6.07) is 0.835. The van der Waals surface area contributed by atoms with Crippen molar-refractivity contribution >= 4 is 5.91 Å². The van der Waals surface area contributed by atoms with Gasteiger partial charge in [-0.2, -0.15) is 0 Å². The van der Waals surface area contributed by atoms with Crippen molar-refractivity contribution in [1.82, 2.24) is 9.80 Å². The Bertz CT molecular complexity index is 449. The van der Waals surface area contributed by atoms with E-state index in [1.54, 1.807) is 0 Å². The Morgan fingerprint density at radius 1 is 1.08 bits per heavy atom. The number of methoxy groups -OCH3 is 1. The Kier molecular flexibility index (Phi) is 4.88. The highest BCUT2D eigenvalue weighted by molar-refractivity contribution is 5.79. The molecule has 2 saturated carbocycles. The zero-order valence-electron chi connectivity index (χ0n) is 15.3. The first-order chi connectivity index (χ1) is 11.7. The third-order valence-electron chi connectivity index (χ3n) is 7.57. The highest BCUT2D eigenvalue weighted by Crippen LogP contribution is 2.47. The van der Waals surface area contributed by atoms with Gasteiger partial charge in [-0.1, -0.05) is 19.3 Å². The predicted octanol–water partition coefficient (Wildman–Crippen LogP) is 2.92. The average Bonchev–Trinajstić information content (AvgIpc) is 3.16. The lowest BCUT2D eigenvalue weighted by molar-refractivity contribution is -0.138. The molecule has 0 N–H and O–H groups in total. The maximum Gasteiger partial charge on any atom is 0.225 e. The zero-order valence-corrected chi connectivity index (χ0v) is 15.3. The average molecular weight is 335 g/mol. The van der Waals surface area contributed by atoms with Gasteiger partial charge in [0, 0.05) is 51.2 Å². The van der Waals surface area contributed by atoms with Crippen molar-refractivity contribution < 1.29 is 9.53 Å². The number of piperidine rings is 1. The van der Waals surface area contributed by atoms with Gasteiger partial charge < -0.3 is 9.64 Å². The number of amides is 1. The van der Waals surface area contributed by atoms with Crippen LogP contribution in [0.5, 0.6) is 0 Å². The number of likely N-dealkylation sites (tertiary alicyclic amines) is 2. The predicted molar refractivity (Wildman–Crippen MR) is 94.8 cm³/mol. The molecule has 4 aliphatic rings. The second-order valence-corrected chi connectivity index (χ2v) is 8.84. The van der Waals surface area contributed by atoms with Crippen LogP contribution in [0.25, 0.3) is 0 Å². The van der Waals surface area contributed by atoms with Crippen LogP contribution < -0.4 is 0 Å². The van der Waals surface area contributed by atoms with Crippen LogP contribution in [0, 0.1) is 17.3 Å². The second-order valence-electron chi connectivity index (χ2n) is 8.84. The van der Waals surface area contributed by atoms with Gasteiger partial charge in [-0.25, -0.2) is 0 Å². The van der Waals surface area contributed by atoms with Crippen LogP contribution in [0.1, 0.15) is 57.8 Å². The third kappa shape index (κ3) is 3.01. The highest BCUT2D eigenvalue weighted by Gasteiger charge is 2.50. The first-order valence-electron chi connectivity index (χ1n) is 10.2. The topological polar surface area (TPSA) is 32.8 Å². The summed E-state index contributed by atoms with van der Waals surface area (Å²) in [7, 11) is 1.85. The molecule has 136 valence electrons. The van der Waals surface area contributed by atoms with Gasteiger partial charge in [-0.05, 0) is 43.9 Å². The van der Waals surface area contributed by atoms with E-state index in [0.29, 0.717) is 23.2 Å². The van der Waals surface area contributed by atoms with Crippen LogP contribution in [0.2, 0.25) is 0 Å². The molecule has 0 radical (unpaired) electrons. The number of rotatable bonds is 4. The van der Waals surface area contributed by atoms with Gasteiger partial charge in [0.1, 0.15) is 0 Å². The van der Waals surface area contributed by atoms with Crippen molar-refractivity contribution in [2.75, 3.05) is 39.9 Å². The van der Waals surface area contributed by atoms with Crippen LogP contribution in [0.15, 0.2) is 0 Å². The van der Waals surface area contributed by atoms with E-state index in [9.17, 15) is 4.79 Å². The molecule has 2 aliphatic carbocycles. The summed E-state index contributed by atoms with van der Waals surface area (Å²) in [5.74, 6) is 1.45. The van der Waals surface area contributed by atoms with Gasteiger partial charge >= 0.3 is 0 Å². The van der Waals surface area contributed by atoms with Crippen molar-refractivity contribution in [3.05, 3.63) is 0 Å². The molecule has 4 heteroatoms. The first-order valence-corrected chi connectivity index (χ1v) is 10.2. The minimum atomic E-state index is 0.337. The summed E-state index contributed by atoms with van der Waals surface area (Å²) < 4.78 is 5.58. The number of carbonyl (C=O) groups is 1. The number of carbonyl (C=O) groups excluding carboxylic acids is 1.